The van der Waals surface area contributed by atoms with Gasteiger partial charge >= 0.3 is 0 Å². The van der Waals surface area contributed by atoms with E-state index in [-0.39, 0.29) is 0 Å². The molecule has 1 saturated carbocycles. The van der Waals surface area contributed by atoms with Gasteiger partial charge in [-0.2, -0.15) is 0 Å². The van der Waals surface area contributed by atoms with Crippen LogP contribution < -0.4 is 4.74 Å². The molecule has 0 saturated heterocycles. The predicted octanol–water partition coefficient (Wildman–Crippen LogP) is 6.22. The summed E-state index contributed by atoms with van der Waals surface area (Å²) in [7, 11) is 0. The highest BCUT2D eigenvalue weighted by Gasteiger charge is 2.13. The van der Waals surface area contributed by atoms with Crippen molar-refractivity contribution < 1.29 is 4.74 Å². The molecule has 1 unspecified atom stereocenters. The van der Waals surface area contributed by atoms with Crippen molar-refractivity contribution in [3.05, 3.63) is 60.1 Å². The maximum atomic E-state index is 6.04. The minimum Gasteiger partial charge on any atom is -0.493 e. The molecule has 0 bridgehead atoms. The predicted molar refractivity (Wildman–Crippen MR) is 102 cm³/mol. The molecule has 0 heterocycles. The van der Waals surface area contributed by atoms with Crippen molar-refractivity contribution in [1.82, 2.24) is 0 Å². The molecule has 2 aliphatic carbocycles. The van der Waals surface area contributed by atoms with E-state index in [0.29, 0.717) is 5.92 Å². The maximum Gasteiger partial charge on any atom is 0.122 e. The molecule has 1 aromatic rings. The summed E-state index contributed by atoms with van der Waals surface area (Å²) in [6.45, 7) is 3.03. The molecule has 1 fully saturated rings. The summed E-state index contributed by atoms with van der Waals surface area (Å²) in [5, 5.41) is 0. The van der Waals surface area contributed by atoms with Gasteiger partial charge in [-0.05, 0) is 61.6 Å². The van der Waals surface area contributed by atoms with Gasteiger partial charge < -0.3 is 4.74 Å². The molecule has 0 spiro atoms. The van der Waals surface area contributed by atoms with Crippen molar-refractivity contribution in [2.75, 3.05) is 6.61 Å². The molecule has 0 aromatic heterocycles. The van der Waals surface area contributed by atoms with Gasteiger partial charge in [0.1, 0.15) is 5.75 Å². The Balaban J connectivity index is 1.42. The van der Waals surface area contributed by atoms with Crippen LogP contribution in [0.2, 0.25) is 0 Å². The minimum absolute atomic E-state index is 0.525. The fourth-order valence-corrected chi connectivity index (χ4v) is 3.98. The summed E-state index contributed by atoms with van der Waals surface area (Å²) in [5.74, 6) is 2.54. The standard InChI is InChI=1S/C23H31O/c1-19-17-22(18-21-11-6-3-7-12-21)14-15-23(19)24-16-8-13-20-9-4-2-5-10-20/h3,6-7,11-12,14-15,17,20-21H,2,4-5,8-10,13,16,18H2,1H3. The van der Waals surface area contributed by atoms with E-state index in [0.717, 1.165) is 24.7 Å². The normalized spacial score (nSPS) is 21.1. The molecule has 0 amide bonds. The molecular weight excluding hydrogens is 292 g/mol. The van der Waals surface area contributed by atoms with Crippen LogP contribution in [0.1, 0.15) is 56.1 Å². The summed E-state index contributed by atoms with van der Waals surface area (Å²) in [6.07, 6.45) is 21.7. The average Bonchev–Trinajstić information content (AvgIpc) is 2.62. The number of hydrogen-bond donors (Lipinski definition) is 0. The first-order valence-electron chi connectivity index (χ1n) is 9.72. The molecule has 129 valence electrons. The number of hydrogen-bond acceptors (Lipinski definition) is 1. The lowest BCUT2D eigenvalue weighted by atomic mass is 9.86. The summed E-state index contributed by atoms with van der Waals surface area (Å²) >= 11 is 0. The third kappa shape index (κ3) is 5.26. The smallest absolute Gasteiger partial charge is 0.122 e. The van der Waals surface area contributed by atoms with Crippen LogP contribution in [0.5, 0.6) is 5.75 Å². The first kappa shape index (κ1) is 17.3. The van der Waals surface area contributed by atoms with Gasteiger partial charge in [0, 0.05) is 0 Å². The van der Waals surface area contributed by atoms with Gasteiger partial charge in [-0.15, -0.1) is 0 Å². The molecule has 1 radical (unpaired) electrons. The lowest BCUT2D eigenvalue weighted by Crippen LogP contribution is -2.08. The molecule has 1 nitrogen and oxygen atoms in total. The molecule has 24 heavy (non-hydrogen) atoms. The van der Waals surface area contributed by atoms with Crippen LogP contribution in [0.4, 0.5) is 0 Å². The van der Waals surface area contributed by atoms with Crippen molar-refractivity contribution in [1.29, 1.82) is 0 Å². The fraction of sp³-hybridized carbons (Fsp3) is 0.522. The summed E-state index contributed by atoms with van der Waals surface area (Å²) in [6, 6.07) is 6.67. The van der Waals surface area contributed by atoms with Crippen LogP contribution in [0.25, 0.3) is 0 Å². The molecule has 2 aliphatic rings. The molecule has 1 heteroatoms. The molecule has 3 rings (SSSR count). The van der Waals surface area contributed by atoms with E-state index in [1.54, 1.807) is 0 Å². The van der Waals surface area contributed by atoms with E-state index in [2.05, 4.69) is 55.8 Å². The van der Waals surface area contributed by atoms with Crippen LogP contribution in [-0.2, 0) is 6.42 Å². The zero-order valence-electron chi connectivity index (χ0n) is 15.0. The second kappa shape index (κ2) is 9.11. The number of ether oxygens (including phenoxy) is 1. The van der Waals surface area contributed by atoms with Crippen molar-refractivity contribution in [2.45, 2.75) is 58.3 Å². The Kier molecular flexibility index (Phi) is 6.57. The number of benzene rings is 1. The third-order valence-corrected chi connectivity index (χ3v) is 5.39. The Hall–Kier alpha value is -1.50. The van der Waals surface area contributed by atoms with Gasteiger partial charge in [0.25, 0.3) is 0 Å². The Labute approximate surface area is 147 Å². The highest BCUT2D eigenvalue weighted by molar-refractivity contribution is 5.37. The molecular formula is C23H31O. The van der Waals surface area contributed by atoms with E-state index in [1.165, 1.54) is 56.1 Å². The first-order chi connectivity index (χ1) is 11.8. The van der Waals surface area contributed by atoms with E-state index in [9.17, 15) is 0 Å². The highest BCUT2D eigenvalue weighted by Crippen LogP contribution is 2.28. The van der Waals surface area contributed by atoms with E-state index in [4.69, 9.17) is 4.74 Å². The topological polar surface area (TPSA) is 9.23 Å². The molecule has 0 N–H and O–H groups in total. The Morgan fingerprint density at radius 3 is 2.67 bits per heavy atom. The zero-order valence-corrected chi connectivity index (χ0v) is 15.0. The van der Waals surface area contributed by atoms with Crippen LogP contribution in [0.15, 0.2) is 42.5 Å². The average molecular weight is 324 g/mol. The number of rotatable bonds is 7. The lowest BCUT2D eigenvalue weighted by Gasteiger charge is -2.21. The van der Waals surface area contributed by atoms with Gasteiger partial charge in [0.05, 0.1) is 6.61 Å². The molecule has 1 atom stereocenters. The maximum absolute atomic E-state index is 6.04. The monoisotopic (exact) mass is 323 g/mol. The van der Waals surface area contributed by atoms with Gasteiger partial charge in [-0.1, -0.05) is 68.5 Å². The Morgan fingerprint density at radius 2 is 1.92 bits per heavy atom. The minimum atomic E-state index is 0.525. The quantitative estimate of drug-likeness (QED) is 0.541. The second-order valence-electron chi connectivity index (χ2n) is 7.42. The van der Waals surface area contributed by atoms with Gasteiger partial charge in [0.2, 0.25) is 0 Å². The van der Waals surface area contributed by atoms with E-state index < -0.39 is 0 Å². The van der Waals surface area contributed by atoms with Crippen molar-refractivity contribution in [3.63, 3.8) is 0 Å². The summed E-state index contributed by atoms with van der Waals surface area (Å²) < 4.78 is 6.04. The largest absolute Gasteiger partial charge is 0.493 e. The summed E-state index contributed by atoms with van der Waals surface area (Å²) in [5.41, 5.74) is 2.66. The SMILES string of the molecule is Cc1cc(CC2[CH]C=CC=C2)ccc1OCCCC1CCCCC1. The second-order valence-corrected chi connectivity index (χ2v) is 7.42. The van der Waals surface area contributed by atoms with E-state index >= 15 is 0 Å². The highest BCUT2D eigenvalue weighted by atomic mass is 16.5. The van der Waals surface area contributed by atoms with Crippen molar-refractivity contribution in [3.8, 4) is 5.75 Å². The third-order valence-electron chi connectivity index (χ3n) is 5.39. The van der Waals surface area contributed by atoms with Crippen molar-refractivity contribution in [2.24, 2.45) is 11.8 Å². The van der Waals surface area contributed by atoms with Crippen LogP contribution in [0, 0.1) is 25.2 Å². The van der Waals surface area contributed by atoms with Gasteiger partial charge in [0.15, 0.2) is 0 Å². The Bertz CT molecular complexity index is 563. The molecule has 1 aromatic carbocycles. The van der Waals surface area contributed by atoms with Crippen LogP contribution in [0.3, 0.4) is 0 Å². The Morgan fingerprint density at radius 1 is 1.04 bits per heavy atom. The van der Waals surface area contributed by atoms with Crippen molar-refractivity contribution >= 4 is 0 Å². The number of allylic oxidation sites excluding steroid dienone is 4. The summed E-state index contributed by atoms with van der Waals surface area (Å²) in [4.78, 5) is 0. The van der Waals surface area contributed by atoms with Crippen LogP contribution in [-0.4, -0.2) is 6.61 Å². The van der Waals surface area contributed by atoms with Crippen LogP contribution >= 0.6 is 0 Å². The zero-order chi connectivity index (χ0) is 16.6. The lowest BCUT2D eigenvalue weighted by molar-refractivity contribution is 0.268. The van der Waals surface area contributed by atoms with E-state index in [1.807, 2.05) is 0 Å². The van der Waals surface area contributed by atoms with Gasteiger partial charge in [-0.25, -0.2) is 0 Å². The first-order valence-corrected chi connectivity index (χ1v) is 9.72. The fourth-order valence-electron chi connectivity index (χ4n) is 3.98. The number of aryl methyl sites for hydroxylation is 1. The molecule has 0 aliphatic heterocycles. The van der Waals surface area contributed by atoms with Gasteiger partial charge in [-0.3, -0.25) is 0 Å².